The second-order valence-corrected chi connectivity index (χ2v) is 19.1. The summed E-state index contributed by atoms with van der Waals surface area (Å²) in [5, 5.41) is 27.0. The average molecular weight is 872 g/mol. The third-order valence-electron chi connectivity index (χ3n) is 14.3. The van der Waals surface area contributed by atoms with Crippen LogP contribution in [0.4, 0.5) is 0 Å². The molecule has 3 N–H and O–H groups in total. The van der Waals surface area contributed by atoms with Crippen LogP contribution in [0.25, 0.3) is 0 Å². The first kappa shape index (κ1) is 47.6. The van der Waals surface area contributed by atoms with Crippen LogP contribution in [0.1, 0.15) is 87.5 Å². The van der Waals surface area contributed by atoms with E-state index in [1.54, 1.807) is 33.3 Å². The number of fused-ring (bicyclic) bond motifs is 2. The molecular weight excluding hydrogens is 799 g/mol. The van der Waals surface area contributed by atoms with Crippen molar-refractivity contribution in [3.8, 4) is 0 Å². The quantitative estimate of drug-likeness (QED) is 0.215. The van der Waals surface area contributed by atoms with Crippen LogP contribution in [-0.2, 0) is 52.2 Å². The van der Waals surface area contributed by atoms with Crippen LogP contribution in [0.2, 0.25) is 0 Å². The van der Waals surface area contributed by atoms with Gasteiger partial charge in [-0.25, -0.2) is 0 Å². The largest absolute Gasteiger partial charge is 0.462 e. The van der Waals surface area contributed by atoms with E-state index in [1.165, 1.54) is 0 Å². The van der Waals surface area contributed by atoms with Crippen LogP contribution < -0.4 is 5.32 Å². The number of aliphatic hydroxyl groups is 2. The number of ether oxygens (including phenoxy) is 10. The molecule has 62 heavy (non-hydrogen) atoms. The summed E-state index contributed by atoms with van der Waals surface area (Å²) in [6.07, 6.45) is 9.72. The Bertz CT molecular complexity index is 1730. The van der Waals surface area contributed by atoms with E-state index < -0.39 is 66.4 Å². The fraction of sp³-hybridized carbons (Fsp3) is 0.771. The molecular formula is C48H73NO13. The van der Waals surface area contributed by atoms with Gasteiger partial charge in [0.25, 0.3) is 0 Å². The van der Waals surface area contributed by atoms with Crippen molar-refractivity contribution in [3.63, 3.8) is 0 Å². The van der Waals surface area contributed by atoms with Gasteiger partial charge in [-0.2, -0.15) is 0 Å². The van der Waals surface area contributed by atoms with E-state index in [0.717, 1.165) is 5.57 Å². The fourth-order valence-electron chi connectivity index (χ4n) is 10.9. The number of aliphatic hydroxyl groups excluding tert-OH is 1. The van der Waals surface area contributed by atoms with Crippen molar-refractivity contribution < 1.29 is 62.4 Å². The second kappa shape index (κ2) is 19.7. The summed E-state index contributed by atoms with van der Waals surface area (Å²) in [6.45, 7) is 16.3. The van der Waals surface area contributed by atoms with Crippen molar-refractivity contribution in [1.82, 2.24) is 5.32 Å². The molecule has 0 saturated carbocycles. The Morgan fingerprint density at radius 1 is 0.887 bits per heavy atom. The lowest BCUT2D eigenvalue weighted by Gasteiger charge is -2.48. The van der Waals surface area contributed by atoms with E-state index in [2.05, 4.69) is 52.1 Å². The van der Waals surface area contributed by atoms with Crippen LogP contribution in [-0.4, -0.2) is 141 Å². The Morgan fingerprint density at radius 2 is 1.60 bits per heavy atom. The van der Waals surface area contributed by atoms with Gasteiger partial charge in [0.2, 0.25) is 0 Å². The van der Waals surface area contributed by atoms with Gasteiger partial charge in [-0.3, -0.25) is 4.79 Å². The third-order valence-corrected chi connectivity index (χ3v) is 14.3. The number of allylic oxidation sites excluding steroid dienone is 2. The first-order chi connectivity index (χ1) is 29.5. The lowest BCUT2D eigenvalue weighted by molar-refractivity contribution is -0.312. The predicted octanol–water partition coefficient (Wildman–Crippen LogP) is 5.21. The summed E-state index contributed by atoms with van der Waals surface area (Å²) in [6, 6.07) is 0.0445. The molecule has 0 aromatic rings. The van der Waals surface area contributed by atoms with E-state index in [-0.39, 0.29) is 67.0 Å². The van der Waals surface area contributed by atoms with Gasteiger partial charge in [0.1, 0.15) is 35.9 Å². The first-order valence-corrected chi connectivity index (χ1v) is 22.9. The molecule has 7 rings (SSSR count). The lowest BCUT2D eigenvalue weighted by Crippen LogP contribution is -2.58. The number of nitrogens with one attached hydrogen (secondary N) is 1. The SMILES string of the molecule is CN[C@@H]1[C@H](C)O[C@@H](O[C@H]2[C@H](C)O[C@@H](O[C@@H]3C(C)=CC[C@@H]4C[C@@H](C[C@]5(C=C[C@H](C)[C@@H](C(C)C)O5)O4)OC(=O)[C@@H]4C=C(C)[C@@H](O)[C@H]5OCC(=CC=C[C@@H]3C)[C@]54O)C[C@@H]2OC)C[C@@H]1OC. The number of carbonyl (C=O) groups is 1. The maximum absolute atomic E-state index is 14.3. The minimum atomic E-state index is -1.83. The molecule has 19 atom stereocenters. The average Bonchev–Trinajstić information content (AvgIpc) is 3.57. The summed E-state index contributed by atoms with van der Waals surface area (Å²) < 4.78 is 64.3. The number of carbonyl (C=O) groups excluding carboxylic acids is 1. The van der Waals surface area contributed by atoms with E-state index >= 15 is 0 Å². The lowest BCUT2D eigenvalue weighted by atomic mass is 9.71. The molecule has 0 aromatic heterocycles. The number of rotatable bonds is 8. The van der Waals surface area contributed by atoms with E-state index in [1.807, 2.05) is 39.1 Å². The van der Waals surface area contributed by atoms with Crippen LogP contribution in [0, 0.1) is 23.7 Å². The van der Waals surface area contributed by atoms with Crippen LogP contribution in [0.5, 0.6) is 0 Å². The molecule has 2 bridgehead atoms. The molecule has 7 aliphatic rings. The Hall–Kier alpha value is -2.31. The summed E-state index contributed by atoms with van der Waals surface area (Å²) in [4.78, 5) is 14.3. The van der Waals surface area contributed by atoms with Crippen LogP contribution in [0.15, 0.2) is 59.3 Å². The van der Waals surface area contributed by atoms with Crippen molar-refractivity contribution in [2.45, 2.75) is 185 Å². The normalized spacial score (nSPS) is 46.5. The maximum atomic E-state index is 14.3. The molecule has 6 aliphatic heterocycles. The van der Waals surface area contributed by atoms with Gasteiger partial charge >= 0.3 is 5.97 Å². The molecule has 4 fully saturated rings. The van der Waals surface area contributed by atoms with Gasteiger partial charge in [-0.15, -0.1) is 0 Å². The Balaban J connectivity index is 1.17. The topological polar surface area (TPSA) is 162 Å². The minimum absolute atomic E-state index is 0.0407. The predicted molar refractivity (Wildman–Crippen MR) is 230 cm³/mol. The molecule has 0 aromatic carbocycles. The molecule has 0 radical (unpaired) electrons. The molecule has 6 heterocycles. The highest BCUT2D eigenvalue weighted by Crippen LogP contribution is 2.47. The Labute approximate surface area is 368 Å². The molecule has 14 heteroatoms. The third kappa shape index (κ3) is 9.64. The molecule has 348 valence electrons. The standard InChI is InChI=1S/C48H73NO13/c1-25(2)42-28(5)17-18-47(62-42)23-34-20-33(61-47)16-15-27(4)43(26(3)13-12-14-32-24-55-45-41(50)29(6)19-35(46(51)58-34)48(32,45)52)59-39-22-37(54-11)44(31(8)57-39)60-38-21-36(53-10)40(49-9)30(7)56-38/h12-15,17-19,25-26,28,30-31,33-45,49-50,52H,16,20-24H2,1-11H3/t26-,28-,30-,31-,33+,34-,35-,36-,37-,38-,39-,40+,41+,42+,43-,44-,45+,47+,48+/m0/s1. The Kier molecular flexibility index (Phi) is 15.1. The van der Waals surface area contributed by atoms with E-state index in [9.17, 15) is 15.0 Å². The molecule has 1 spiro atoms. The Morgan fingerprint density at radius 3 is 2.31 bits per heavy atom. The van der Waals surface area contributed by atoms with Crippen LogP contribution >= 0.6 is 0 Å². The molecule has 4 saturated heterocycles. The fourth-order valence-corrected chi connectivity index (χ4v) is 10.9. The summed E-state index contributed by atoms with van der Waals surface area (Å²) >= 11 is 0. The van der Waals surface area contributed by atoms with E-state index in [4.69, 9.17) is 47.4 Å². The highest BCUT2D eigenvalue weighted by molar-refractivity contribution is 5.78. The summed E-state index contributed by atoms with van der Waals surface area (Å²) in [5.74, 6) is -2.56. The molecule has 1 aliphatic carbocycles. The van der Waals surface area contributed by atoms with Gasteiger partial charge in [0.15, 0.2) is 18.4 Å². The zero-order valence-electron chi connectivity index (χ0n) is 38.6. The number of likely N-dealkylation sites (N-methyl/N-ethyl adjacent to an activating group) is 1. The van der Waals surface area contributed by atoms with Gasteiger partial charge in [-0.05, 0) is 69.9 Å². The summed E-state index contributed by atoms with van der Waals surface area (Å²) in [5.41, 5.74) is 0.176. The zero-order valence-corrected chi connectivity index (χ0v) is 38.6. The van der Waals surface area contributed by atoms with E-state index in [0.29, 0.717) is 43.3 Å². The van der Waals surface area contributed by atoms with Crippen molar-refractivity contribution >= 4 is 5.97 Å². The first-order valence-electron chi connectivity index (χ1n) is 22.9. The highest BCUT2D eigenvalue weighted by atomic mass is 16.7. The number of hydrogen-bond donors (Lipinski definition) is 3. The molecule has 0 unspecified atom stereocenters. The second-order valence-electron chi connectivity index (χ2n) is 19.1. The van der Waals surface area contributed by atoms with Crippen molar-refractivity contribution in [1.29, 1.82) is 0 Å². The molecule has 14 nitrogen and oxygen atoms in total. The number of methoxy groups -OCH3 is 2. The van der Waals surface area contributed by atoms with Crippen molar-refractivity contribution in [2.24, 2.45) is 23.7 Å². The minimum Gasteiger partial charge on any atom is -0.462 e. The number of esters is 1. The van der Waals surface area contributed by atoms with Crippen molar-refractivity contribution in [3.05, 3.63) is 59.3 Å². The highest BCUT2D eigenvalue weighted by Gasteiger charge is 2.60. The summed E-state index contributed by atoms with van der Waals surface area (Å²) in [7, 11) is 5.30. The van der Waals surface area contributed by atoms with Crippen molar-refractivity contribution in [2.75, 3.05) is 27.9 Å². The smallest absolute Gasteiger partial charge is 0.316 e. The monoisotopic (exact) mass is 872 g/mol. The van der Waals surface area contributed by atoms with Gasteiger partial charge in [0.05, 0.1) is 55.4 Å². The number of hydrogen-bond acceptors (Lipinski definition) is 14. The molecule has 0 amide bonds. The van der Waals surface area contributed by atoms with Gasteiger partial charge in [0, 0.05) is 51.7 Å². The van der Waals surface area contributed by atoms with Gasteiger partial charge in [-0.1, -0.05) is 64.2 Å². The van der Waals surface area contributed by atoms with Gasteiger partial charge < -0.3 is 62.9 Å². The maximum Gasteiger partial charge on any atom is 0.316 e. The zero-order chi connectivity index (χ0) is 44.7. The van der Waals surface area contributed by atoms with Crippen LogP contribution in [0.3, 0.4) is 0 Å².